The standard InChI is InChI=1S/C19H28N4O2.HI/c1-6-20-19(22-12-18-23-14(4)15(5)25-18)21-11-16-9-8-13(3)10-17(16)24-7-2;/h8-10H,6-7,11-12H2,1-5H3,(H2,20,21,22);1H. The van der Waals surface area contributed by atoms with E-state index < -0.39 is 0 Å². The quantitative estimate of drug-likeness (QED) is 0.364. The summed E-state index contributed by atoms with van der Waals surface area (Å²) in [5.41, 5.74) is 3.16. The van der Waals surface area contributed by atoms with Gasteiger partial charge < -0.3 is 19.8 Å². The summed E-state index contributed by atoms with van der Waals surface area (Å²) in [4.78, 5) is 9.02. The van der Waals surface area contributed by atoms with E-state index in [9.17, 15) is 0 Å². The maximum Gasteiger partial charge on any atom is 0.214 e. The molecule has 144 valence electrons. The van der Waals surface area contributed by atoms with Crippen molar-refractivity contribution in [2.45, 2.75) is 47.7 Å². The number of aromatic nitrogens is 1. The highest BCUT2D eigenvalue weighted by molar-refractivity contribution is 14.0. The molecule has 0 aliphatic heterocycles. The van der Waals surface area contributed by atoms with E-state index in [-0.39, 0.29) is 24.0 Å². The molecule has 0 bridgehead atoms. The largest absolute Gasteiger partial charge is 0.494 e. The molecule has 0 radical (unpaired) electrons. The van der Waals surface area contributed by atoms with Gasteiger partial charge in [0.2, 0.25) is 5.89 Å². The van der Waals surface area contributed by atoms with Crippen LogP contribution in [0, 0.1) is 20.8 Å². The van der Waals surface area contributed by atoms with Crippen LogP contribution in [0.15, 0.2) is 27.6 Å². The van der Waals surface area contributed by atoms with Gasteiger partial charge in [-0.2, -0.15) is 0 Å². The van der Waals surface area contributed by atoms with Crippen molar-refractivity contribution in [3.8, 4) is 5.75 Å². The Kier molecular flexibility index (Phi) is 9.47. The number of hydrogen-bond acceptors (Lipinski definition) is 4. The molecule has 0 atom stereocenters. The van der Waals surface area contributed by atoms with E-state index in [2.05, 4.69) is 39.7 Å². The highest BCUT2D eigenvalue weighted by Crippen LogP contribution is 2.21. The van der Waals surface area contributed by atoms with Crippen LogP contribution in [-0.2, 0) is 13.1 Å². The lowest BCUT2D eigenvalue weighted by atomic mass is 10.1. The third-order valence-corrected chi connectivity index (χ3v) is 3.75. The number of nitrogens with one attached hydrogen (secondary N) is 2. The number of rotatable bonds is 7. The highest BCUT2D eigenvalue weighted by atomic mass is 127. The molecule has 26 heavy (non-hydrogen) atoms. The molecular formula is C19H29IN4O2. The number of halogens is 1. The van der Waals surface area contributed by atoms with Crippen LogP contribution in [0.4, 0.5) is 0 Å². The minimum Gasteiger partial charge on any atom is -0.494 e. The first-order valence-corrected chi connectivity index (χ1v) is 8.70. The van der Waals surface area contributed by atoms with Crippen molar-refractivity contribution in [2.24, 2.45) is 4.99 Å². The molecule has 0 saturated heterocycles. The SMILES string of the molecule is CCNC(=NCc1ccc(C)cc1OCC)NCc1nc(C)c(C)o1.I. The maximum atomic E-state index is 5.72. The molecular weight excluding hydrogens is 443 g/mol. The lowest BCUT2D eigenvalue weighted by Crippen LogP contribution is -2.36. The van der Waals surface area contributed by atoms with Crippen molar-refractivity contribution in [1.82, 2.24) is 15.6 Å². The summed E-state index contributed by atoms with van der Waals surface area (Å²) < 4.78 is 11.3. The molecule has 2 aromatic rings. The van der Waals surface area contributed by atoms with Gasteiger partial charge in [-0.3, -0.25) is 0 Å². The smallest absolute Gasteiger partial charge is 0.214 e. The molecule has 0 aliphatic rings. The van der Waals surface area contributed by atoms with E-state index in [1.54, 1.807) is 0 Å². The Balaban J connectivity index is 0.00000338. The van der Waals surface area contributed by atoms with Gasteiger partial charge in [0.1, 0.15) is 11.5 Å². The van der Waals surface area contributed by atoms with Crippen molar-refractivity contribution >= 4 is 29.9 Å². The second kappa shape index (κ2) is 11.1. The van der Waals surface area contributed by atoms with E-state index in [0.29, 0.717) is 25.6 Å². The van der Waals surface area contributed by atoms with Gasteiger partial charge in [-0.05, 0) is 46.2 Å². The van der Waals surface area contributed by atoms with E-state index in [1.807, 2.05) is 33.8 Å². The number of ether oxygens (including phenoxy) is 1. The molecule has 2 rings (SSSR count). The van der Waals surface area contributed by atoms with Gasteiger partial charge in [0.05, 0.1) is 25.4 Å². The van der Waals surface area contributed by atoms with Gasteiger partial charge in [0.25, 0.3) is 0 Å². The Hall–Kier alpha value is -1.77. The van der Waals surface area contributed by atoms with Crippen LogP contribution in [0.2, 0.25) is 0 Å². The summed E-state index contributed by atoms with van der Waals surface area (Å²) in [5.74, 6) is 3.12. The van der Waals surface area contributed by atoms with Gasteiger partial charge in [0.15, 0.2) is 5.96 Å². The van der Waals surface area contributed by atoms with Crippen LogP contribution in [0.1, 0.15) is 42.3 Å². The van der Waals surface area contributed by atoms with E-state index in [0.717, 1.165) is 35.3 Å². The number of guanidine groups is 1. The van der Waals surface area contributed by atoms with Gasteiger partial charge in [-0.1, -0.05) is 12.1 Å². The summed E-state index contributed by atoms with van der Waals surface area (Å²) in [7, 11) is 0. The summed E-state index contributed by atoms with van der Waals surface area (Å²) in [5, 5.41) is 6.49. The minimum absolute atomic E-state index is 0. The van der Waals surface area contributed by atoms with Crippen LogP contribution >= 0.6 is 24.0 Å². The lowest BCUT2D eigenvalue weighted by molar-refractivity contribution is 0.336. The topological polar surface area (TPSA) is 71.7 Å². The monoisotopic (exact) mass is 472 g/mol. The predicted molar refractivity (Wildman–Crippen MR) is 115 cm³/mol. The Labute approximate surface area is 172 Å². The average Bonchev–Trinajstić information content (AvgIpc) is 2.90. The second-order valence-corrected chi connectivity index (χ2v) is 5.84. The fourth-order valence-electron chi connectivity index (χ4n) is 2.36. The zero-order valence-corrected chi connectivity index (χ0v) is 18.5. The number of oxazole rings is 1. The molecule has 6 nitrogen and oxygen atoms in total. The van der Waals surface area contributed by atoms with E-state index in [1.165, 1.54) is 5.56 Å². The van der Waals surface area contributed by atoms with Crippen molar-refractivity contribution in [1.29, 1.82) is 0 Å². The predicted octanol–water partition coefficient (Wildman–Crippen LogP) is 3.87. The van der Waals surface area contributed by atoms with Crippen LogP contribution in [0.25, 0.3) is 0 Å². The number of hydrogen-bond donors (Lipinski definition) is 2. The molecule has 0 amide bonds. The Bertz CT molecular complexity index is 709. The van der Waals surface area contributed by atoms with Gasteiger partial charge >= 0.3 is 0 Å². The molecule has 0 saturated carbocycles. The van der Waals surface area contributed by atoms with Crippen molar-refractivity contribution in [2.75, 3.05) is 13.2 Å². The first-order valence-electron chi connectivity index (χ1n) is 8.70. The minimum atomic E-state index is 0. The summed E-state index contributed by atoms with van der Waals surface area (Å²) in [6.07, 6.45) is 0. The summed E-state index contributed by atoms with van der Waals surface area (Å²) >= 11 is 0. The Morgan fingerprint density at radius 2 is 1.96 bits per heavy atom. The summed E-state index contributed by atoms with van der Waals surface area (Å²) in [6, 6.07) is 6.19. The van der Waals surface area contributed by atoms with Gasteiger partial charge in [0, 0.05) is 12.1 Å². The Morgan fingerprint density at radius 3 is 2.58 bits per heavy atom. The van der Waals surface area contributed by atoms with Crippen LogP contribution in [-0.4, -0.2) is 24.1 Å². The van der Waals surface area contributed by atoms with E-state index >= 15 is 0 Å². The lowest BCUT2D eigenvalue weighted by Gasteiger charge is -2.12. The second-order valence-electron chi connectivity index (χ2n) is 5.84. The molecule has 7 heteroatoms. The molecule has 0 fully saturated rings. The van der Waals surface area contributed by atoms with Gasteiger partial charge in [-0.15, -0.1) is 24.0 Å². The van der Waals surface area contributed by atoms with Crippen LogP contribution < -0.4 is 15.4 Å². The number of aliphatic imine (C=N–C) groups is 1. The number of aryl methyl sites for hydroxylation is 3. The zero-order valence-electron chi connectivity index (χ0n) is 16.2. The Morgan fingerprint density at radius 1 is 1.19 bits per heavy atom. The van der Waals surface area contributed by atoms with Crippen LogP contribution in [0.5, 0.6) is 5.75 Å². The molecule has 0 unspecified atom stereocenters. The average molecular weight is 472 g/mol. The third kappa shape index (κ3) is 6.51. The maximum absolute atomic E-state index is 5.72. The first-order chi connectivity index (χ1) is 12.0. The van der Waals surface area contributed by atoms with Crippen molar-refractivity contribution < 1.29 is 9.15 Å². The van der Waals surface area contributed by atoms with Crippen molar-refractivity contribution in [3.05, 3.63) is 46.7 Å². The zero-order chi connectivity index (χ0) is 18.2. The third-order valence-electron chi connectivity index (χ3n) is 3.75. The van der Waals surface area contributed by atoms with E-state index in [4.69, 9.17) is 9.15 Å². The molecule has 0 spiro atoms. The van der Waals surface area contributed by atoms with Crippen LogP contribution in [0.3, 0.4) is 0 Å². The highest BCUT2D eigenvalue weighted by Gasteiger charge is 2.07. The normalized spacial score (nSPS) is 11.0. The molecule has 2 N–H and O–H groups in total. The summed E-state index contributed by atoms with van der Waals surface area (Å²) in [6.45, 7) is 12.4. The number of nitrogens with zero attached hydrogens (tertiary/aromatic N) is 2. The van der Waals surface area contributed by atoms with Gasteiger partial charge in [-0.25, -0.2) is 9.98 Å². The fourth-order valence-corrected chi connectivity index (χ4v) is 2.36. The fraction of sp³-hybridized carbons (Fsp3) is 0.474. The first kappa shape index (κ1) is 22.3. The molecule has 1 aromatic heterocycles. The number of benzene rings is 1. The molecule has 1 heterocycles. The van der Waals surface area contributed by atoms with Crippen molar-refractivity contribution in [3.63, 3.8) is 0 Å². The molecule has 0 aliphatic carbocycles. The molecule has 1 aromatic carbocycles.